The number of nitrogens with zero attached hydrogens (tertiary/aromatic N) is 1. The Morgan fingerprint density at radius 3 is 2.89 bits per heavy atom. The number of nitrogens with two attached hydrogens (primary N) is 1. The average molecular weight is 262 g/mol. The number of hydrogen-bond donors (Lipinski definition) is 1. The molecule has 19 heavy (non-hydrogen) atoms. The second-order valence-electron chi connectivity index (χ2n) is 5.47. The number of likely N-dealkylation sites (tertiary alicyclic amines) is 1. The molecule has 1 heterocycles. The third kappa shape index (κ3) is 3.71. The lowest BCUT2D eigenvalue weighted by Gasteiger charge is -2.20. The van der Waals surface area contributed by atoms with E-state index in [0.29, 0.717) is 6.04 Å². The molecule has 0 saturated carbocycles. The Kier molecular flexibility index (Phi) is 5.23. The maximum absolute atomic E-state index is 6.12. The minimum absolute atomic E-state index is 0.0744. The largest absolute Gasteiger partial charge is 0.493 e. The van der Waals surface area contributed by atoms with Crippen molar-refractivity contribution in [2.45, 2.75) is 44.7 Å². The summed E-state index contributed by atoms with van der Waals surface area (Å²) in [7, 11) is 2.21. The highest BCUT2D eigenvalue weighted by molar-refractivity contribution is 5.35. The number of rotatable bonds is 6. The lowest BCUT2D eigenvalue weighted by Crippen LogP contribution is -2.26. The third-order valence-corrected chi connectivity index (χ3v) is 4.14. The second kappa shape index (κ2) is 6.92. The van der Waals surface area contributed by atoms with Crippen LogP contribution in [0.15, 0.2) is 24.3 Å². The van der Waals surface area contributed by atoms with E-state index in [2.05, 4.69) is 24.9 Å². The van der Waals surface area contributed by atoms with Crippen LogP contribution in [-0.2, 0) is 0 Å². The molecule has 2 rings (SSSR count). The average Bonchev–Trinajstić information content (AvgIpc) is 2.84. The van der Waals surface area contributed by atoms with E-state index in [1.165, 1.54) is 19.4 Å². The van der Waals surface area contributed by atoms with Crippen molar-refractivity contribution in [3.05, 3.63) is 29.8 Å². The summed E-state index contributed by atoms with van der Waals surface area (Å²) in [4.78, 5) is 2.44. The molecule has 0 radical (unpaired) electrons. The van der Waals surface area contributed by atoms with E-state index < -0.39 is 0 Å². The summed E-state index contributed by atoms with van der Waals surface area (Å²) in [5, 5.41) is 0. The van der Waals surface area contributed by atoms with Crippen molar-refractivity contribution in [3.8, 4) is 5.75 Å². The minimum atomic E-state index is 0.0744. The summed E-state index contributed by atoms with van der Waals surface area (Å²) in [5.41, 5.74) is 7.25. The van der Waals surface area contributed by atoms with Crippen LogP contribution in [0.4, 0.5) is 0 Å². The van der Waals surface area contributed by atoms with E-state index >= 15 is 0 Å². The van der Waals surface area contributed by atoms with Crippen LogP contribution in [-0.4, -0.2) is 31.1 Å². The van der Waals surface area contributed by atoms with Crippen molar-refractivity contribution in [3.63, 3.8) is 0 Å². The molecule has 0 spiro atoms. The molecule has 1 aromatic carbocycles. The van der Waals surface area contributed by atoms with Gasteiger partial charge in [-0.1, -0.05) is 25.1 Å². The van der Waals surface area contributed by atoms with Gasteiger partial charge in [0.1, 0.15) is 5.75 Å². The first kappa shape index (κ1) is 14.4. The van der Waals surface area contributed by atoms with Gasteiger partial charge in [0.15, 0.2) is 0 Å². The highest BCUT2D eigenvalue weighted by Gasteiger charge is 2.20. The van der Waals surface area contributed by atoms with E-state index in [-0.39, 0.29) is 6.04 Å². The van der Waals surface area contributed by atoms with E-state index in [1.807, 2.05) is 18.2 Å². The van der Waals surface area contributed by atoms with Crippen LogP contribution in [0.25, 0.3) is 0 Å². The van der Waals surface area contributed by atoms with Crippen LogP contribution in [0.1, 0.15) is 44.2 Å². The van der Waals surface area contributed by atoms with Gasteiger partial charge in [-0.2, -0.15) is 0 Å². The molecule has 1 aliphatic rings. The molecule has 3 nitrogen and oxygen atoms in total. The molecule has 106 valence electrons. The molecule has 1 fully saturated rings. The van der Waals surface area contributed by atoms with Gasteiger partial charge in [-0.25, -0.2) is 0 Å². The van der Waals surface area contributed by atoms with E-state index in [4.69, 9.17) is 10.5 Å². The predicted octanol–water partition coefficient (Wildman–Crippen LogP) is 2.96. The highest BCUT2D eigenvalue weighted by Crippen LogP contribution is 2.26. The number of para-hydroxylation sites is 1. The van der Waals surface area contributed by atoms with Crippen LogP contribution in [0.3, 0.4) is 0 Å². The maximum Gasteiger partial charge on any atom is 0.124 e. The molecule has 2 N–H and O–H groups in total. The lowest BCUT2D eigenvalue weighted by molar-refractivity contribution is 0.231. The number of benzene rings is 1. The van der Waals surface area contributed by atoms with Crippen LogP contribution in [0, 0.1) is 0 Å². The molecule has 2 unspecified atom stereocenters. The predicted molar refractivity (Wildman–Crippen MR) is 79.4 cm³/mol. The number of hydrogen-bond acceptors (Lipinski definition) is 3. The van der Waals surface area contributed by atoms with Gasteiger partial charge in [-0.15, -0.1) is 0 Å². The summed E-state index contributed by atoms with van der Waals surface area (Å²) in [6, 6.07) is 8.91. The molecular weight excluding hydrogens is 236 g/mol. The van der Waals surface area contributed by atoms with E-state index in [9.17, 15) is 0 Å². The smallest absolute Gasteiger partial charge is 0.124 e. The molecule has 1 aliphatic heterocycles. The van der Waals surface area contributed by atoms with Gasteiger partial charge in [0, 0.05) is 17.6 Å². The fourth-order valence-electron chi connectivity index (χ4n) is 2.79. The maximum atomic E-state index is 6.12. The molecule has 1 aromatic rings. The summed E-state index contributed by atoms with van der Waals surface area (Å²) in [5.74, 6) is 0.956. The van der Waals surface area contributed by atoms with Crippen molar-refractivity contribution in [1.29, 1.82) is 0 Å². The minimum Gasteiger partial charge on any atom is -0.493 e. The Balaban J connectivity index is 1.88. The highest BCUT2D eigenvalue weighted by atomic mass is 16.5. The SMILES string of the molecule is CCC(N)c1ccccc1OCCC1CCCN1C. The van der Waals surface area contributed by atoms with Gasteiger partial charge < -0.3 is 15.4 Å². The molecule has 0 bridgehead atoms. The Labute approximate surface area is 116 Å². The molecular formula is C16H26N2O. The van der Waals surface area contributed by atoms with Crippen LogP contribution >= 0.6 is 0 Å². The zero-order valence-electron chi connectivity index (χ0n) is 12.1. The fraction of sp³-hybridized carbons (Fsp3) is 0.625. The summed E-state index contributed by atoms with van der Waals surface area (Å²) in [6.45, 7) is 4.11. The molecule has 0 aliphatic carbocycles. The monoisotopic (exact) mass is 262 g/mol. The Morgan fingerprint density at radius 2 is 2.21 bits per heavy atom. The second-order valence-corrected chi connectivity index (χ2v) is 5.47. The van der Waals surface area contributed by atoms with Crippen molar-refractivity contribution in [2.75, 3.05) is 20.2 Å². The lowest BCUT2D eigenvalue weighted by atomic mass is 10.0. The summed E-state index contributed by atoms with van der Waals surface area (Å²) in [6.07, 6.45) is 4.66. The number of ether oxygens (including phenoxy) is 1. The first-order valence-electron chi connectivity index (χ1n) is 7.40. The topological polar surface area (TPSA) is 38.5 Å². The van der Waals surface area contributed by atoms with Gasteiger partial charge in [-0.3, -0.25) is 0 Å². The summed E-state index contributed by atoms with van der Waals surface area (Å²) >= 11 is 0. The normalized spacial score (nSPS) is 21.5. The molecule has 2 atom stereocenters. The van der Waals surface area contributed by atoms with E-state index in [0.717, 1.165) is 30.8 Å². The zero-order chi connectivity index (χ0) is 13.7. The Bertz CT molecular complexity index is 394. The van der Waals surface area contributed by atoms with Crippen molar-refractivity contribution < 1.29 is 4.74 Å². The van der Waals surface area contributed by atoms with Gasteiger partial charge in [0.2, 0.25) is 0 Å². The van der Waals surface area contributed by atoms with Gasteiger partial charge in [-0.05, 0) is 45.3 Å². The van der Waals surface area contributed by atoms with Gasteiger partial charge in [0.05, 0.1) is 6.61 Å². The Morgan fingerprint density at radius 1 is 1.42 bits per heavy atom. The van der Waals surface area contributed by atoms with Crippen molar-refractivity contribution in [1.82, 2.24) is 4.90 Å². The van der Waals surface area contributed by atoms with E-state index in [1.54, 1.807) is 0 Å². The Hall–Kier alpha value is -1.06. The zero-order valence-corrected chi connectivity index (χ0v) is 12.1. The molecule has 3 heteroatoms. The van der Waals surface area contributed by atoms with Gasteiger partial charge >= 0.3 is 0 Å². The van der Waals surface area contributed by atoms with Gasteiger partial charge in [0.25, 0.3) is 0 Å². The third-order valence-electron chi connectivity index (χ3n) is 4.14. The van der Waals surface area contributed by atoms with Crippen molar-refractivity contribution in [2.24, 2.45) is 5.73 Å². The molecule has 0 aromatic heterocycles. The van der Waals surface area contributed by atoms with Crippen molar-refractivity contribution >= 4 is 0 Å². The first-order chi connectivity index (χ1) is 9.22. The molecule has 0 amide bonds. The first-order valence-corrected chi connectivity index (χ1v) is 7.40. The van der Waals surface area contributed by atoms with Crippen LogP contribution < -0.4 is 10.5 Å². The van der Waals surface area contributed by atoms with Crippen LogP contribution in [0.2, 0.25) is 0 Å². The molecule has 1 saturated heterocycles. The van der Waals surface area contributed by atoms with Crippen LogP contribution in [0.5, 0.6) is 5.75 Å². The standard InChI is InChI=1S/C16H26N2O/c1-3-15(17)14-8-4-5-9-16(14)19-12-10-13-7-6-11-18(13)2/h4-5,8-9,13,15H,3,6-7,10-12,17H2,1-2H3. The fourth-order valence-corrected chi connectivity index (χ4v) is 2.79. The quantitative estimate of drug-likeness (QED) is 0.856. The summed E-state index contributed by atoms with van der Waals surface area (Å²) < 4.78 is 5.96.